The Morgan fingerprint density at radius 1 is 1.06 bits per heavy atom. The fourth-order valence-corrected chi connectivity index (χ4v) is 3.01. The van der Waals surface area contributed by atoms with E-state index in [0.29, 0.717) is 11.3 Å². The van der Waals surface area contributed by atoms with Crippen LogP contribution < -0.4 is 11.1 Å². The zero-order valence-electron chi connectivity index (χ0n) is 17.4. The van der Waals surface area contributed by atoms with Crippen LogP contribution in [0.3, 0.4) is 0 Å². The van der Waals surface area contributed by atoms with Crippen LogP contribution in [-0.2, 0) is 12.7 Å². The number of halogens is 3. The summed E-state index contributed by atoms with van der Waals surface area (Å²) in [4.78, 5) is 28.4. The van der Waals surface area contributed by atoms with Crippen LogP contribution in [0.2, 0.25) is 0 Å². The molecule has 0 unspecified atom stereocenters. The number of carbonyl (C=O) groups is 1. The number of alkyl halides is 3. The Morgan fingerprint density at radius 3 is 2.62 bits per heavy atom. The van der Waals surface area contributed by atoms with E-state index in [2.05, 4.69) is 37.1 Å². The van der Waals surface area contributed by atoms with E-state index in [1.165, 1.54) is 60.1 Å². The summed E-state index contributed by atoms with van der Waals surface area (Å²) in [5, 5.41) is 2.48. The molecule has 0 aliphatic carbocycles. The second-order valence-corrected chi connectivity index (χ2v) is 7.10. The van der Waals surface area contributed by atoms with Crippen LogP contribution >= 0.6 is 0 Å². The predicted octanol–water partition coefficient (Wildman–Crippen LogP) is 3.37. The Bertz CT molecular complexity index is 1370. The number of pyridine rings is 1. The highest BCUT2D eigenvalue weighted by molar-refractivity contribution is 6.04. The van der Waals surface area contributed by atoms with Gasteiger partial charge < -0.3 is 15.6 Å². The summed E-state index contributed by atoms with van der Waals surface area (Å²) in [6.07, 6.45) is 5.39. The van der Waals surface area contributed by atoms with Crippen molar-refractivity contribution in [2.45, 2.75) is 12.7 Å². The number of benzene rings is 1. The van der Waals surface area contributed by atoms with E-state index in [-0.39, 0.29) is 29.2 Å². The zero-order valence-corrected chi connectivity index (χ0v) is 17.4. The fourth-order valence-electron chi connectivity index (χ4n) is 3.01. The fraction of sp³-hybridized carbons (Fsp3) is 0.0870. The van der Waals surface area contributed by atoms with Crippen LogP contribution in [0, 0.1) is 11.8 Å². The number of hydrogen-bond donors (Lipinski definition) is 2. The van der Waals surface area contributed by atoms with E-state index in [9.17, 15) is 18.0 Å². The van der Waals surface area contributed by atoms with Crippen LogP contribution in [0.25, 0.3) is 0 Å². The molecule has 3 N–H and O–H groups in total. The summed E-state index contributed by atoms with van der Waals surface area (Å²) in [5.74, 6) is 5.21. The van der Waals surface area contributed by atoms with E-state index in [4.69, 9.17) is 5.73 Å². The molecule has 0 radical (unpaired) electrons. The summed E-state index contributed by atoms with van der Waals surface area (Å²) >= 11 is 0. The quantitative estimate of drug-likeness (QED) is 0.449. The van der Waals surface area contributed by atoms with Gasteiger partial charge in [0.05, 0.1) is 29.8 Å². The van der Waals surface area contributed by atoms with Gasteiger partial charge in [0.25, 0.3) is 5.91 Å². The minimum absolute atomic E-state index is 0.000317. The molecule has 170 valence electrons. The van der Waals surface area contributed by atoms with Crippen molar-refractivity contribution in [1.82, 2.24) is 24.5 Å². The van der Waals surface area contributed by atoms with Gasteiger partial charge in [-0.2, -0.15) is 13.2 Å². The van der Waals surface area contributed by atoms with Gasteiger partial charge in [0.2, 0.25) is 0 Å². The van der Waals surface area contributed by atoms with Gasteiger partial charge in [0, 0.05) is 42.6 Å². The molecule has 0 spiro atoms. The van der Waals surface area contributed by atoms with Crippen LogP contribution in [0.4, 0.5) is 24.7 Å². The van der Waals surface area contributed by atoms with Gasteiger partial charge in [-0.25, -0.2) is 15.0 Å². The van der Waals surface area contributed by atoms with Crippen molar-refractivity contribution in [3.05, 3.63) is 95.7 Å². The molecule has 3 heterocycles. The largest absolute Gasteiger partial charge is 0.416 e. The van der Waals surface area contributed by atoms with Crippen molar-refractivity contribution in [3.63, 3.8) is 0 Å². The summed E-state index contributed by atoms with van der Waals surface area (Å²) in [6, 6.07) is 5.11. The first-order chi connectivity index (χ1) is 16.3. The summed E-state index contributed by atoms with van der Waals surface area (Å²) in [6.45, 7) is -0.00785. The first-order valence-electron chi connectivity index (χ1n) is 9.80. The minimum Gasteiger partial charge on any atom is -0.382 e. The van der Waals surface area contributed by atoms with Crippen molar-refractivity contribution in [2.24, 2.45) is 0 Å². The molecule has 0 fully saturated rings. The molecule has 0 bridgehead atoms. The van der Waals surface area contributed by atoms with Crippen molar-refractivity contribution in [1.29, 1.82) is 0 Å². The number of nitrogens with one attached hydrogen (secondary N) is 1. The molecule has 1 aromatic carbocycles. The third kappa shape index (κ3) is 5.55. The Morgan fingerprint density at radius 2 is 1.91 bits per heavy atom. The van der Waals surface area contributed by atoms with Crippen LogP contribution in [0.15, 0.2) is 67.8 Å². The number of nitrogen functional groups attached to an aromatic ring is 1. The molecule has 11 heteroatoms. The summed E-state index contributed by atoms with van der Waals surface area (Å²) in [7, 11) is 0. The average molecular weight is 463 g/mol. The minimum atomic E-state index is -4.60. The normalized spacial score (nSPS) is 10.9. The topological polar surface area (TPSA) is 112 Å². The number of nitrogens with two attached hydrogens (primary N) is 1. The standard InChI is InChI=1S/C23H16F3N7O/c24-23(25,26)20-8-18(4-2-16(20)13-33-6-5-28-14-33)32-22(34)17-7-15(9-29-10-17)1-3-19-11-31-21(27)12-30-19/h2,4-12,14H,13H2,(H2,27,31)(H,32,34). The van der Waals surface area contributed by atoms with Crippen molar-refractivity contribution >= 4 is 17.4 Å². The molecule has 0 atom stereocenters. The number of nitrogens with zero attached hydrogens (tertiary/aromatic N) is 5. The number of carbonyl (C=O) groups excluding carboxylic acids is 1. The van der Waals surface area contributed by atoms with E-state index in [1.807, 2.05) is 0 Å². The van der Waals surface area contributed by atoms with Gasteiger partial charge in [-0.15, -0.1) is 0 Å². The number of imidazole rings is 1. The third-order valence-electron chi connectivity index (χ3n) is 4.59. The van der Waals surface area contributed by atoms with E-state index in [1.54, 1.807) is 6.20 Å². The van der Waals surface area contributed by atoms with Gasteiger partial charge in [0.1, 0.15) is 11.5 Å². The lowest BCUT2D eigenvalue weighted by molar-refractivity contribution is -0.138. The summed E-state index contributed by atoms with van der Waals surface area (Å²) < 4.78 is 42.4. The number of amides is 1. The Balaban J connectivity index is 1.53. The van der Waals surface area contributed by atoms with Gasteiger partial charge in [-0.05, 0) is 29.7 Å². The smallest absolute Gasteiger partial charge is 0.382 e. The Kier molecular flexibility index (Phi) is 6.22. The van der Waals surface area contributed by atoms with E-state index in [0.717, 1.165) is 6.07 Å². The maximum absolute atomic E-state index is 13.6. The number of rotatable bonds is 4. The first-order valence-corrected chi connectivity index (χ1v) is 9.80. The molecular formula is C23H16F3N7O. The molecule has 8 nitrogen and oxygen atoms in total. The van der Waals surface area contributed by atoms with Crippen LogP contribution in [-0.4, -0.2) is 30.4 Å². The van der Waals surface area contributed by atoms with Crippen molar-refractivity contribution in [2.75, 3.05) is 11.1 Å². The molecule has 34 heavy (non-hydrogen) atoms. The highest BCUT2D eigenvalue weighted by Crippen LogP contribution is 2.34. The highest BCUT2D eigenvalue weighted by Gasteiger charge is 2.33. The van der Waals surface area contributed by atoms with Gasteiger partial charge in [-0.3, -0.25) is 9.78 Å². The molecule has 3 aromatic heterocycles. The summed E-state index contributed by atoms with van der Waals surface area (Å²) in [5.41, 5.74) is 5.60. The lowest BCUT2D eigenvalue weighted by Gasteiger charge is -2.15. The molecule has 0 saturated heterocycles. The second kappa shape index (κ2) is 9.41. The molecule has 0 aliphatic heterocycles. The van der Waals surface area contributed by atoms with E-state index < -0.39 is 17.6 Å². The maximum Gasteiger partial charge on any atom is 0.416 e. The number of aromatic nitrogens is 5. The molecular weight excluding hydrogens is 447 g/mol. The SMILES string of the molecule is Nc1cnc(C#Cc2cncc(C(=O)Nc3ccc(Cn4ccnc4)c(C(F)(F)F)c3)c2)cn1. The average Bonchev–Trinajstić information content (AvgIpc) is 3.32. The number of hydrogen-bond acceptors (Lipinski definition) is 6. The van der Waals surface area contributed by atoms with Gasteiger partial charge in [-0.1, -0.05) is 12.0 Å². The van der Waals surface area contributed by atoms with Gasteiger partial charge >= 0.3 is 6.18 Å². The highest BCUT2D eigenvalue weighted by atomic mass is 19.4. The second-order valence-electron chi connectivity index (χ2n) is 7.10. The van der Waals surface area contributed by atoms with E-state index >= 15 is 0 Å². The maximum atomic E-state index is 13.6. The lowest BCUT2D eigenvalue weighted by atomic mass is 10.1. The van der Waals surface area contributed by atoms with Crippen LogP contribution in [0.5, 0.6) is 0 Å². The molecule has 4 rings (SSSR count). The lowest BCUT2D eigenvalue weighted by Crippen LogP contribution is -2.15. The molecule has 4 aromatic rings. The van der Waals surface area contributed by atoms with Gasteiger partial charge in [0.15, 0.2) is 0 Å². The monoisotopic (exact) mass is 463 g/mol. The molecule has 0 aliphatic rings. The third-order valence-corrected chi connectivity index (χ3v) is 4.59. The zero-order chi connectivity index (χ0) is 24.1. The first kappa shape index (κ1) is 22.5. The Hall–Kier alpha value is -4.72. The number of anilines is 2. The van der Waals surface area contributed by atoms with Crippen LogP contribution in [0.1, 0.15) is 32.7 Å². The molecule has 0 saturated carbocycles. The predicted molar refractivity (Wildman–Crippen MR) is 117 cm³/mol. The Labute approximate surface area is 191 Å². The molecule has 1 amide bonds. The van der Waals surface area contributed by atoms with Crippen molar-refractivity contribution < 1.29 is 18.0 Å². The van der Waals surface area contributed by atoms with Crippen molar-refractivity contribution in [3.8, 4) is 11.8 Å².